The third-order valence-electron chi connectivity index (χ3n) is 3.68. The highest BCUT2D eigenvalue weighted by Gasteiger charge is 2.30. The molecule has 0 bridgehead atoms. The van der Waals surface area contributed by atoms with Gasteiger partial charge in [-0.25, -0.2) is 13.6 Å². The summed E-state index contributed by atoms with van der Waals surface area (Å²) in [7, 11) is -3.86. The molecule has 0 unspecified atom stereocenters. The Balaban J connectivity index is 2.35. The zero-order chi connectivity index (χ0) is 15.8. The van der Waals surface area contributed by atoms with Gasteiger partial charge in [0.1, 0.15) is 0 Å². The van der Waals surface area contributed by atoms with Crippen LogP contribution in [0.3, 0.4) is 0 Å². The Morgan fingerprint density at radius 1 is 1.38 bits per heavy atom. The fourth-order valence-corrected chi connectivity index (χ4v) is 3.35. The molecule has 0 aliphatic carbocycles. The molecule has 1 aromatic rings. The van der Waals surface area contributed by atoms with Gasteiger partial charge in [0, 0.05) is 13.1 Å². The minimum atomic E-state index is -3.86. The Morgan fingerprint density at radius 3 is 2.62 bits per heavy atom. The predicted octanol–water partition coefficient (Wildman–Crippen LogP) is 2.25. The summed E-state index contributed by atoms with van der Waals surface area (Å²) < 4.78 is 22.8. The molecule has 2 rings (SSSR count). The van der Waals surface area contributed by atoms with E-state index in [0.717, 1.165) is 12.8 Å². The number of piperidine rings is 1. The van der Waals surface area contributed by atoms with Crippen molar-refractivity contribution in [2.45, 2.75) is 31.6 Å². The van der Waals surface area contributed by atoms with E-state index in [1.807, 2.05) is 0 Å². The van der Waals surface area contributed by atoms with Crippen LogP contribution in [0.15, 0.2) is 23.1 Å². The van der Waals surface area contributed by atoms with E-state index >= 15 is 0 Å². The lowest BCUT2D eigenvalue weighted by atomic mass is 9.84. The zero-order valence-corrected chi connectivity index (χ0v) is 13.7. The van der Waals surface area contributed by atoms with Crippen LogP contribution in [0.2, 0.25) is 5.02 Å². The lowest BCUT2D eigenvalue weighted by Crippen LogP contribution is -2.43. The number of halogens is 1. The van der Waals surface area contributed by atoms with Crippen LogP contribution in [0, 0.1) is 5.41 Å². The maximum atomic E-state index is 12.6. The van der Waals surface area contributed by atoms with Gasteiger partial charge in [-0.15, -0.1) is 0 Å². The molecule has 0 radical (unpaired) electrons. The van der Waals surface area contributed by atoms with Crippen molar-refractivity contribution in [3.05, 3.63) is 28.8 Å². The van der Waals surface area contributed by atoms with Crippen molar-refractivity contribution in [2.75, 3.05) is 13.1 Å². The van der Waals surface area contributed by atoms with Crippen molar-refractivity contribution < 1.29 is 13.2 Å². The van der Waals surface area contributed by atoms with Crippen LogP contribution in [0.1, 0.15) is 37.0 Å². The lowest BCUT2D eigenvalue weighted by molar-refractivity contribution is 0.0583. The van der Waals surface area contributed by atoms with Crippen LogP contribution in [0.5, 0.6) is 0 Å². The molecule has 7 heteroatoms. The Labute approximate surface area is 130 Å². The van der Waals surface area contributed by atoms with Crippen LogP contribution in [0.4, 0.5) is 0 Å². The molecule has 2 N–H and O–H groups in total. The summed E-state index contributed by atoms with van der Waals surface area (Å²) in [5, 5.41) is 5.33. The van der Waals surface area contributed by atoms with E-state index in [-0.39, 0.29) is 26.8 Å². The number of primary sulfonamides is 1. The summed E-state index contributed by atoms with van der Waals surface area (Å²) in [6.07, 6.45) is 1.98. The average Bonchev–Trinajstić information content (AvgIpc) is 2.36. The molecule has 1 saturated heterocycles. The molecular weight excluding hydrogens is 312 g/mol. The number of hydrogen-bond acceptors (Lipinski definition) is 3. The summed E-state index contributed by atoms with van der Waals surface area (Å²) in [5.41, 5.74) is 0.235. The number of nitrogens with two attached hydrogens (primary N) is 1. The highest BCUT2D eigenvalue weighted by molar-refractivity contribution is 7.89. The first-order valence-electron chi connectivity index (χ1n) is 6.72. The van der Waals surface area contributed by atoms with Gasteiger partial charge >= 0.3 is 0 Å². The molecule has 0 saturated carbocycles. The summed E-state index contributed by atoms with van der Waals surface area (Å²) in [6, 6.07) is 3.94. The van der Waals surface area contributed by atoms with Gasteiger partial charge in [-0.1, -0.05) is 25.4 Å². The van der Waals surface area contributed by atoms with E-state index in [2.05, 4.69) is 13.8 Å². The van der Waals surface area contributed by atoms with Crippen LogP contribution < -0.4 is 5.14 Å². The van der Waals surface area contributed by atoms with E-state index in [0.29, 0.717) is 13.1 Å². The smallest absolute Gasteiger partial charge is 0.255 e. The Morgan fingerprint density at radius 2 is 2.05 bits per heavy atom. The van der Waals surface area contributed by atoms with Crippen molar-refractivity contribution in [1.82, 2.24) is 4.90 Å². The van der Waals surface area contributed by atoms with Crippen LogP contribution >= 0.6 is 11.6 Å². The van der Waals surface area contributed by atoms with Crippen LogP contribution in [0.25, 0.3) is 0 Å². The number of carbonyl (C=O) groups excluding carboxylic acids is 1. The minimum absolute atomic E-state index is 0.0535. The van der Waals surface area contributed by atoms with Gasteiger partial charge in [0.15, 0.2) is 0 Å². The molecule has 0 atom stereocenters. The maximum absolute atomic E-state index is 12.6. The van der Waals surface area contributed by atoms with Crippen molar-refractivity contribution in [1.29, 1.82) is 0 Å². The number of benzene rings is 1. The van der Waals surface area contributed by atoms with Crippen molar-refractivity contribution in [3.8, 4) is 0 Å². The molecule has 1 amide bonds. The molecule has 1 aromatic carbocycles. The lowest BCUT2D eigenvalue weighted by Gasteiger charge is -2.38. The topological polar surface area (TPSA) is 80.5 Å². The summed E-state index contributed by atoms with van der Waals surface area (Å²) in [6.45, 7) is 5.49. The van der Waals surface area contributed by atoms with Crippen molar-refractivity contribution in [3.63, 3.8) is 0 Å². The molecule has 1 aliphatic heterocycles. The van der Waals surface area contributed by atoms with Crippen LogP contribution in [-0.2, 0) is 10.0 Å². The number of rotatable bonds is 2. The number of nitrogens with zero attached hydrogens (tertiary/aromatic N) is 1. The predicted molar refractivity (Wildman–Crippen MR) is 81.7 cm³/mol. The fourth-order valence-electron chi connectivity index (χ4n) is 2.61. The maximum Gasteiger partial charge on any atom is 0.255 e. The first-order valence-corrected chi connectivity index (χ1v) is 8.64. The highest BCUT2D eigenvalue weighted by Crippen LogP contribution is 2.30. The van der Waals surface area contributed by atoms with Gasteiger partial charge in [0.25, 0.3) is 5.91 Å². The molecule has 21 heavy (non-hydrogen) atoms. The molecule has 116 valence electrons. The highest BCUT2D eigenvalue weighted by atomic mass is 35.5. The summed E-state index contributed by atoms with van der Waals surface area (Å²) in [4.78, 5) is 14.2. The molecule has 1 heterocycles. The Hall–Kier alpha value is -1.11. The largest absolute Gasteiger partial charge is 0.338 e. The quantitative estimate of drug-likeness (QED) is 0.903. The van der Waals surface area contributed by atoms with E-state index in [1.54, 1.807) is 4.90 Å². The third-order valence-corrected chi connectivity index (χ3v) is 4.93. The zero-order valence-electron chi connectivity index (χ0n) is 12.1. The standard InChI is InChI=1S/C14H19ClN2O3S/c1-14(2)6-3-7-17(9-14)13(18)11-8-10(21(16,19)20)4-5-12(11)15/h4-5,8H,3,6-7,9H2,1-2H3,(H2,16,19,20). The molecule has 0 spiro atoms. The van der Waals surface area contributed by atoms with Gasteiger partial charge < -0.3 is 4.90 Å². The third kappa shape index (κ3) is 3.75. The summed E-state index contributed by atoms with van der Waals surface area (Å²) >= 11 is 6.05. The molecule has 0 aromatic heterocycles. The number of hydrogen-bond donors (Lipinski definition) is 1. The van der Waals surface area contributed by atoms with Gasteiger partial charge in [-0.2, -0.15) is 0 Å². The molecule has 1 fully saturated rings. The van der Waals surface area contributed by atoms with Gasteiger partial charge in [0.05, 0.1) is 15.5 Å². The first kappa shape index (κ1) is 16.3. The van der Waals surface area contributed by atoms with Gasteiger partial charge in [-0.05, 0) is 36.5 Å². The fraction of sp³-hybridized carbons (Fsp3) is 0.500. The summed E-state index contributed by atoms with van der Waals surface area (Å²) in [5.74, 6) is -0.252. The van der Waals surface area contributed by atoms with Gasteiger partial charge in [0.2, 0.25) is 10.0 Å². The first-order chi connectivity index (χ1) is 9.60. The number of sulfonamides is 1. The van der Waals surface area contributed by atoms with E-state index < -0.39 is 10.0 Å². The normalized spacial score (nSPS) is 18.6. The minimum Gasteiger partial charge on any atom is -0.338 e. The molecule has 5 nitrogen and oxygen atoms in total. The number of carbonyl (C=O) groups is 1. The van der Waals surface area contributed by atoms with Crippen LogP contribution in [-0.4, -0.2) is 32.3 Å². The van der Waals surface area contributed by atoms with Crippen molar-refractivity contribution >= 4 is 27.5 Å². The van der Waals surface area contributed by atoms with E-state index in [1.165, 1.54) is 18.2 Å². The number of likely N-dealkylation sites (tertiary alicyclic amines) is 1. The van der Waals surface area contributed by atoms with E-state index in [4.69, 9.17) is 16.7 Å². The van der Waals surface area contributed by atoms with E-state index in [9.17, 15) is 13.2 Å². The molecule has 1 aliphatic rings. The van der Waals surface area contributed by atoms with Gasteiger partial charge in [-0.3, -0.25) is 4.79 Å². The second kappa shape index (κ2) is 5.59. The second-order valence-corrected chi connectivity index (χ2v) is 8.15. The average molecular weight is 331 g/mol. The Kier molecular flexibility index (Phi) is 4.33. The number of amides is 1. The SMILES string of the molecule is CC1(C)CCCN(C(=O)c2cc(S(N)(=O)=O)ccc2Cl)C1. The second-order valence-electron chi connectivity index (χ2n) is 6.18. The Bertz CT molecular complexity index is 671. The van der Waals surface area contributed by atoms with Crippen molar-refractivity contribution in [2.24, 2.45) is 10.6 Å². The monoisotopic (exact) mass is 330 g/mol. The molecular formula is C14H19ClN2O3S.